The van der Waals surface area contributed by atoms with Gasteiger partial charge in [0.25, 0.3) is 0 Å². The zero-order chi connectivity index (χ0) is 13.8. The molecule has 106 valence electrons. The molecule has 0 aromatic carbocycles. The summed E-state index contributed by atoms with van der Waals surface area (Å²) in [5, 5.41) is 9.56. The average Bonchev–Trinajstić information content (AvgIpc) is 2.98. The molecule has 1 aromatic heterocycles. The molecule has 0 spiro atoms. The number of nitrogens with one attached hydrogen (secondary N) is 2. The van der Waals surface area contributed by atoms with Gasteiger partial charge in [-0.05, 0) is 33.6 Å². The first kappa shape index (κ1) is 13.9. The molecule has 2 rings (SSSR count). The molecule has 2 heterocycles. The number of aryl methyl sites for hydroxylation is 2. The van der Waals surface area contributed by atoms with Crippen molar-refractivity contribution < 1.29 is 14.1 Å². The summed E-state index contributed by atoms with van der Waals surface area (Å²) in [6.07, 6.45) is 2.20. The van der Waals surface area contributed by atoms with Crippen LogP contribution in [0.15, 0.2) is 4.52 Å². The molecule has 0 radical (unpaired) electrons. The lowest BCUT2D eigenvalue weighted by molar-refractivity contribution is 0.0860. The minimum atomic E-state index is -0.192. The topological polar surface area (TPSA) is 76.4 Å². The summed E-state index contributed by atoms with van der Waals surface area (Å²) < 4.78 is 10.6. The molecule has 6 nitrogen and oxygen atoms in total. The largest absolute Gasteiger partial charge is 0.376 e. The van der Waals surface area contributed by atoms with Crippen LogP contribution < -0.4 is 10.6 Å². The van der Waals surface area contributed by atoms with E-state index >= 15 is 0 Å². The zero-order valence-corrected chi connectivity index (χ0v) is 11.7. The summed E-state index contributed by atoms with van der Waals surface area (Å²) in [5.74, 6) is 0.741. The number of urea groups is 1. The van der Waals surface area contributed by atoms with Crippen molar-refractivity contribution in [3.8, 4) is 0 Å². The number of hydrogen-bond acceptors (Lipinski definition) is 4. The molecule has 1 aliphatic heterocycles. The standard InChI is InChI=1S/C13H21N3O3/c1-8-11(10(3)19-16-8)7-14-13(17)15-9(2)12-5-4-6-18-12/h9,12H,4-7H2,1-3H3,(H2,14,15,17)/t9-,12-/m1/s1. The van der Waals surface area contributed by atoms with Gasteiger partial charge in [-0.25, -0.2) is 4.79 Å². The number of nitrogens with zero attached hydrogens (tertiary/aromatic N) is 1. The van der Waals surface area contributed by atoms with Crippen molar-refractivity contribution in [1.82, 2.24) is 15.8 Å². The van der Waals surface area contributed by atoms with Crippen LogP contribution >= 0.6 is 0 Å². The Morgan fingerprint density at radius 2 is 2.32 bits per heavy atom. The summed E-state index contributed by atoms with van der Waals surface area (Å²) in [6, 6.07) is -0.171. The van der Waals surface area contributed by atoms with E-state index in [9.17, 15) is 4.79 Å². The monoisotopic (exact) mass is 267 g/mol. The van der Waals surface area contributed by atoms with E-state index in [2.05, 4.69) is 15.8 Å². The molecule has 0 saturated carbocycles. The minimum absolute atomic E-state index is 0.0205. The van der Waals surface area contributed by atoms with Crippen molar-refractivity contribution in [2.45, 2.75) is 52.3 Å². The van der Waals surface area contributed by atoms with E-state index in [0.29, 0.717) is 6.54 Å². The predicted molar refractivity (Wildman–Crippen MR) is 69.8 cm³/mol. The Balaban J connectivity index is 1.78. The van der Waals surface area contributed by atoms with Gasteiger partial charge >= 0.3 is 6.03 Å². The number of carbonyl (C=O) groups excluding carboxylic acids is 1. The third-order valence-corrected chi connectivity index (χ3v) is 3.49. The molecule has 0 aliphatic carbocycles. The lowest BCUT2D eigenvalue weighted by Gasteiger charge is -2.20. The number of amides is 2. The predicted octanol–water partition coefficient (Wildman–Crippen LogP) is 1.66. The number of aromatic nitrogens is 1. The third kappa shape index (κ3) is 3.47. The second-order valence-corrected chi connectivity index (χ2v) is 4.97. The molecule has 1 fully saturated rings. The molecule has 1 aliphatic rings. The van der Waals surface area contributed by atoms with Gasteiger partial charge in [-0.3, -0.25) is 0 Å². The van der Waals surface area contributed by atoms with Crippen LogP contribution in [0.25, 0.3) is 0 Å². The van der Waals surface area contributed by atoms with Crippen molar-refractivity contribution in [2.75, 3.05) is 6.61 Å². The van der Waals surface area contributed by atoms with Gasteiger partial charge in [-0.1, -0.05) is 5.16 Å². The first-order valence-corrected chi connectivity index (χ1v) is 6.65. The molecular formula is C13H21N3O3. The van der Waals surface area contributed by atoms with Crippen molar-refractivity contribution in [3.63, 3.8) is 0 Å². The zero-order valence-electron chi connectivity index (χ0n) is 11.7. The number of hydrogen-bond donors (Lipinski definition) is 2. The van der Waals surface area contributed by atoms with E-state index in [0.717, 1.165) is 36.5 Å². The van der Waals surface area contributed by atoms with Crippen LogP contribution in [0.3, 0.4) is 0 Å². The van der Waals surface area contributed by atoms with Gasteiger partial charge in [0.05, 0.1) is 17.8 Å². The van der Waals surface area contributed by atoms with E-state index in [1.165, 1.54) is 0 Å². The van der Waals surface area contributed by atoms with Crippen molar-refractivity contribution in [2.24, 2.45) is 0 Å². The second-order valence-electron chi connectivity index (χ2n) is 4.97. The molecule has 19 heavy (non-hydrogen) atoms. The molecule has 6 heteroatoms. The average molecular weight is 267 g/mol. The molecular weight excluding hydrogens is 246 g/mol. The maximum Gasteiger partial charge on any atom is 0.315 e. The Labute approximate surface area is 112 Å². The highest BCUT2D eigenvalue weighted by molar-refractivity contribution is 5.74. The molecule has 0 unspecified atom stereocenters. The van der Waals surface area contributed by atoms with Crippen molar-refractivity contribution in [1.29, 1.82) is 0 Å². The maximum atomic E-state index is 11.8. The Hall–Kier alpha value is -1.56. The van der Waals surface area contributed by atoms with Gasteiger partial charge in [-0.15, -0.1) is 0 Å². The fraction of sp³-hybridized carbons (Fsp3) is 0.692. The summed E-state index contributed by atoms with van der Waals surface area (Å²) >= 11 is 0. The van der Waals surface area contributed by atoms with Gasteiger partial charge in [-0.2, -0.15) is 0 Å². The SMILES string of the molecule is Cc1noc(C)c1CNC(=O)N[C@H](C)[C@H]1CCCO1. The summed E-state index contributed by atoms with van der Waals surface area (Å²) in [6.45, 7) is 6.87. The normalized spacial score (nSPS) is 20.3. The van der Waals surface area contributed by atoms with Gasteiger partial charge < -0.3 is 19.9 Å². The van der Waals surface area contributed by atoms with Crippen LogP contribution in [0.1, 0.15) is 36.8 Å². The molecule has 1 aromatic rings. The van der Waals surface area contributed by atoms with E-state index in [1.807, 2.05) is 20.8 Å². The van der Waals surface area contributed by atoms with E-state index in [1.54, 1.807) is 0 Å². The summed E-state index contributed by atoms with van der Waals surface area (Å²) in [4.78, 5) is 11.8. The van der Waals surface area contributed by atoms with E-state index in [-0.39, 0.29) is 18.2 Å². The first-order chi connectivity index (χ1) is 9.08. The molecule has 1 saturated heterocycles. The molecule has 2 atom stereocenters. The Kier molecular flexibility index (Phi) is 4.42. The van der Waals surface area contributed by atoms with Crippen molar-refractivity contribution >= 4 is 6.03 Å². The lowest BCUT2D eigenvalue weighted by atomic mass is 10.1. The first-order valence-electron chi connectivity index (χ1n) is 6.65. The van der Waals surface area contributed by atoms with Gasteiger partial charge in [0.1, 0.15) is 5.76 Å². The quantitative estimate of drug-likeness (QED) is 0.869. The summed E-state index contributed by atoms with van der Waals surface area (Å²) in [5.41, 5.74) is 1.74. The highest BCUT2D eigenvalue weighted by atomic mass is 16.5. The number of ether oxygens (including phenoxy) is 1. The number of carbonyl (C=O) groups is 1. The van der Waals surface area contributed by atoms with Gasteiger partial charge in [0, 0.05) is 18.7 Å². The Morgan fingerprint density at radius 3 is 2.89 bits per heavy atom. The smallest absolute Gasteiger partial charge is 0.315 e. The molecule has 0 bridgehead atoms. The molecule has 2 amide bonds. The Bertz CT molecular complexity index is 419. The highest BCUT2D eigenvalue weighted by Gasteiger charge is 2.23. The summed E-state index contributed by atoms with van der Waals surface area (Å²) in [7, 11) is 0. The van der Waals surface area contributed by atoms with Gasteiger partial charge in [0.2, 0.25) is 0 Å². The van der Waals surface area contributed by atoms with Crippen LogP contribution in [0.4, 0.5) is 4.79 Å². The van der Waals surface area contributed by atoms with Crippen molar-refractivity contribution in [3.05, 3.63) is 17.0 Å². The second kappa shape index (κ2) is 6.06. The number of rotatable bonds is 4. The van der Waals surface area contributed by atoms with Crippen LogP contribution in [-0.2, 0) is 11.3 Å². The maximum absolute atomic E-state index is 11.8. The third-order valence-electron chi connectivity index (χ3n) is 3.49. The van der Waals surface area contributed by atoms with Crippen LogP contribution in [0.5, 0.6) is 0 Å². The Morgan fingerprint density at radius 1 is 1.53 bits per heavy atom. The lowest BCUT2D eigenvalue weighted by Crippen LogP contribution is -2.45. The minimum Gasteiger partial charge on any atom is -0.376 e. The fourth-order valence-corrected chi connectivity index (χ4v) is 2.27. The van der Waals surface area contributed by atoms with Crippen LogP contribution in [-0.4, -0.2) is 29.9 Å². The highest BCUT2D eigenvalue weighted by Crippen LogP contribution is 2.15. The fourth-order valence-electron chi connectivity index (χ4n) is 2.27. The molecule has 2 N–H and O–H groups in total. The van der Waals surface area contributed by atoms with E-state index < -0.39 is 0 Å². The van der Waals surface area contributed by atoms with E-state index in [4.69, 9.17) is 9.26 Å². The van der Waals surface area contributed by atoms with Crippen LogP contribution in [0.2, 0.25) is 0 Å². The van der Waals surface area contributed by atoms with Crippen LogP contribution in [0, 0.1) is 13.8 Å². The van der Waals surface area contributed by atoms with Gasteiger partial charge in [0.15, 0.2) is 0 Å².